The van der Waals surface area contributed by atoms with Crippen molar-refractivity contribution in [1.29, 1.82) is 0 Å². The smallest absolute Gasteiger partial charge is 0.324 e. The van der Waals surface area contributed by atoms with Crippen molar-refractivity contribution in [2.45, 2.75) is 32.0 Å². The summed E-state index contributed by atoms with van der Waals surface area (Å²) in [5.74, 6) is 0. The molecule has 4 nitrogen and oxygen atoms in total. The predicted octanol–water partition coefficient (Wildman–Crippen LogP) is 1.20. The van der Waals surface area contributed by atoms with Gasteiger partial charge in [0, 0.05) is 13.2 Å². The van der Waals surface area contributed by atoms with E-state index in [1.54, 1.807) is 6.92 Å². The molecule has 0 bridgehead atoms. The Balaban J connectivity index is 4.03. The second-order valence-electron chi connectivity index (χ2n) is 3.02. The molecule has 2 N–H and O–H groups in total. The summed E-state index contributed by atoms with van der Waals surface area (Å²) < 4.78 is 15.8. The van der Waals surface area contributed by atoms with Crippen molar-refractivity contribution in [2.75, 3.05) is 14.2 Å². The van der Waals surface area contributed by atoms with Crippen LogP contribution in [0.5, 0.6) is 0 Å². The number of nitrogens with one attached hydrogen (secondary N) is 1. The SMILES string of the molecule is CNC(C)CC(C)P(=O)(O)OC. The van der Waals surface area contributed by atoms with Gasteiger partial charge in [-0.1, -0.05) is 6.92 Å². The van der Waals surface area contributed by atoms with Crippen molar-refractivity contribution in [3.8, 4) is 0 Å². The summed E-state index contributed by atoms with van der Waals surface area (Å²) in [6.07, 6.45) is 0.637. The van der Waals surface area contributed by atoms with Gasteiger partial charge in [-0.15, -0.1) is 0 Å². The molecule has 0 aliphatic heterocycles. The van der Waals surface area contributed by atoms with E-state index in [1.165, 1.54) is 7.11 Å². The Morgan fingerprint density at radius 3 is 2.42 bits per heavy atom. The van der Waals surface area contributed by atoms with Crippen molar-refractivity contribution < 1.29 is 14.0 Å². The molecule has 5 heteroatoms. The average molecular weight is 195 g/mol. The maximum Gasteiger partial charge on any atom is 0.330 e. The summed E-state index contributed by atoms with van der Waals surface area (Å²) >= 11 is 0. The van der Waals surface area contributed by atoms with E-state index in [-0.39, 0.29) is 11.7 Å². The molecule has 12 heavy (non-hydrogen) atoms. The highest BCUT2D eigenvalue weighted by Gasteiger charge is 2.27. The van der Waals surface area contributed by atoms with Crippen LogP contribution in [-0.4, -0.2) is 30.8 Å². The largest absolute Gasteiger partial charge is 0.330 e. The standard InChI is InChI=1S/C7H18NO3P/c1-6(8-3)5-7(2)12(9,10)11-4/h6-8H,5H2,1-4H3,(H,9,10). The van der Waals surface area contributed by atoms with Gasteiger partial charge >= 0.3 is 7.60 Å². The van der Waals surface area contributed by atoms with Crippen LogP contribution < -0.4 is 5.32 Å². The molecule has 0 fully saturated rings. The van der Waals surface area contributed by atoms with E-state index < -0.39 is 7.60 Å². The lowest BCUT2D eigenvalue weighted by Crippen LogP contribution is -2.25. The fourth-order valence-electron chi connectivity index (χ4n) is 0.943. The summed E-state index contributed by atoms with van der Waals surface area (Å²) in [4.78, 5) is 9.24. The fraction of sp³-hybridized carbons (Fsp3) is 1.00. The molecule has 0 spiro atoms. The molecule has 74 valence electrons. The first-order chi connectivity index (χ1) is 5.44. The van der Waals surface area contributed by atoms with Gasteiger partial charge in [0.2, 0.25) is 0 Å². The predicted molar refractivity (Wildman–Crippen MR) is 49.4 cm³/mol. The van der Waals surface area contributed by atoms with Gasteiger partial charge in [-0.25, -0.2) is 0 Å². The maximum atomic E-state index is 11.2. The fourth-order valence-corrected chi connectivity index (χ4v) is 1.89. The van der Waals surface area contributed by atoms with Crippen LogP contribution in [0.15, 0.2) is 0 Å². The number of rotatable bonds is 5. The molecule has 3 unspecified atom stereocenters. The van der Waals surface area contributed by atoms with Gasteiger partial charge in [0.1, 0.15) is 0 Å². The summed E-state index contributed by atoms with van der Waals surface area (Å²) in [6, 6.07) is 0.232. The summed E-state index contributed by atoms with van der Waals surface area (Å²) in [6.45, 7) is 3.68. The lowest BCUT2D eigenvalue weighted by Gasteiger charge is -2.20. The van der Waals surface area contributed by atoms with Crippen LogP contribution in [0.1, 0.15) is 20.3 Å². The summed E-state index contributed by atoms with van der Waals surface area (Å²) in [7, 11) is -0.280. The van der Waals surface area contributed by atoms with Crippen LogP contribution in [0.25, 0.3) is 0 Å². The monoisotopic (exact) mass is 195 g/mol. The van der Waals surface area contributed by atoms with Gasteiger partial charge in [0.15, 0.2) is 0 Å². The first-order valence-corrected chi connectivity index (χ1v) is 5.64. The molecular formula is C7H18NO3P. The molecular weight excluding hydrogens is 177 g/mol. The van der Waals surface area contributed by atoms with Crippen molar-refractivity contribution in [3.05, 3.63) is 0 Å². The van der Waals surface area contributed by atoms with Crippen LogP contribution in [-0.2, 0) is 9.09 Å². The summed E-state index contributed by atoms with van der Waals surface area (Å²) in [5, 5.41) is 3.00. The Hall–Kier alpha value is 0.110. The molecule has 0 saturated heterocycles. The molecule has 0 aromatic rings. The molecule has 0 aromatic heterocycles. The van der Waals surface area contributed by atoms with E-state index >= 15 is 0 Å². The Bertz CT molecular complexity index is 174. The third kappa shape index (κ3) is 3.68. The van der Waals surface area contributed by atoms with E-state index in [9.17, 15) is 9.46 Å². The second-order valence-corrected chi connectivity index (χ2v) is 5.40. The molecule has 0 aliphatic rings. The molecule has 0 amide bonds. The number of hydrogen-bond acceptors (Lipinski definition) is 3. The number of hydrogen-bond donors (Lipinski definition) is 2. The Labute approximate surface area is 73.8 Å². The highest BCUT2D eigenvalue weighted by Crippen LogP contribution is 2.47. The first-order valence-electron chi connectivity index (χ1n) is 3.99. The minimum absolute atomic E-state index is 0.232. The quantitative estimate of drug-likeness (QED) is 0.647. The first kappa shape index (κ1) is 12.1. The lowest BCUT2D eigenvalue weighted by molar-refractivity contribution is 0.300. The summed E-state index contributed by atoms with van der Waals surface area (Å²) in [5.41, 5.74) is -0.315. The van der Waals surface area contributed by atoms with Crippen LogP contribution >= 0.6 is 7.60 Å². The second kappa shape index (κ2) is 4.97. The van der Waals surface area contributed by atoms with Gasteiger partial charge < -0.3 is 14.7 Å². The molecule has 0 aliphatic carbocycles. The van der Waals surface area contributed by atoms with E-state index in [4.69, 9.17) is 0 Å². The van der Waals surface area contributed by atoms with Gasteiger partial charge in [-0.2, -0.15) is 0 Å². The molecule has 0 radical (unpaired) electrons. The topological polar surface area (TPSA) is 58.6 Å². The molecule has 3 atom stereocenters. The Morgan fingerprint density at radius 1 is 1.58 bits per heavy atom. The zero-order chi connectivity index (χ0) is 9.78. The molecule has 0 heterocycles. The Morgan fingerprint density at radius 2 is 2.08 bits per heavy atom. The molecule has 0 aromatic carbocycles. The van der Waals surface area contributed by atoms with E-state index in [2.05, 4.69) is 9.84 Å². The molecule has 0 saturated carbocycles. The van der Waals surface area contributed by atoms with Gasteiger partial charge in [0.05, 0.1) is 5.66 Å². The lowest BCUT2D eigenvalue weighted by atomic mass is 10.2. The van der Waals surface area contributed by atoms with Crippen molar-refractivity contribution in [1.82, 2.24) is 5.32 Å². The van der Waals surface area contributed by atoms with Crippen molar-refractivity contribution >= 4 is 7.60 Å². The highest BCUT2D eigenvalue weighted by atomic mass is 31.2. The third-order valence-corrected chi connectivity index (χ3v) is 3.85. The molecule has 0 rings (SSSR count). The zero-order valence-corrected chi connectivity index (χ0v) is 8.97. The van der Waals surface area contributed by atoms with Gasteiger partial charge in [-0.3, -0.25) is 4.57 Å². The minimum atomic E-state index is -3.37. The van der Waals surface area contributed by atoms with Crippen LogP contribution in [0.3, 0.4) is 0 Å². The van der Waals surface area contributed by atoms with Crippen LogP contribution in [0, 0.1) is 0 Å². The van der Waals surface area contributed by atoms with E-state index in [1.807, 2.05) is 14.0 Å². The van der Waals surface area contributed by atoms with Crippen molar-refractivity contribution in [2.24, 2.45) is 0 Å². The van der Waals surface area contributed by atoms with E-state index in [0.29, 0.717) is 6.42 Å². The van der Waals surface area contributed by atoms with Crippen LogP contribution in [0.4, 0.5) is 0 Å². The highest BCUT2D eigenvalue weighted by molar-refractivity contribution is 7.53. The zero-order valence-electron chi connectivity index (χ0n) is 8.07. The minimum Gasteiger partial charge on any atom is -0.324 e. The van der Waals surface area contributed by atoms with E-state index in [0.717, 1.165) is 0 Å². The normalized spacial score (nSPS) is 21.4. The Kier molecular flexibility index (Phi) is 5.02. The maximum absolute atomic E-state index is 11.2. The van der Waals surface area contributed by atoms with Gasteiger partial charge in [-0.05, 0) is 20.4 Å². The third-order valence-electron chi connectivity index (χ3n) is 2.01. The van der Waals surface area contributed by atoms with Gasteiger partial charge in [0.25, 0.3) is 0 Å². The van der Waals surface area contributed by atoms with Crippen molar-refractivity contribution in [3.63, 3.8) is 0 Å². The average Bonchev–Trinajstić information content (AvgIpc) is 2.04. The van der Waals surface area contributed by atoms with Crippen LogP contribution in [0.2, 0.25) is 0 Å².